The third-order valence-corrected chi connectivity index (χ3v) is 5.53. The van der Waals surface area contributed by atoms with Crippen molar-refractivity contribution in [3.63, 3.8) is 0 Å². The quantitative estimate of drug-likeness (QED) is 0.662. The van der Waals surface area contributed by atoms with E-state index in [1.165, 1.54) is 31.9 Å². The van der Waals surface area contributed by atoms with Gasteiger partial charge in [-0.1, -0.05) is 31.7 Å². The Balaban J connectivity index is 1.84. The molecule has 2 amide bonds. The van der Waals surface area contributed by atoms with Gasteiger partial charge >= 0.3 is 0 Å². The Bertz CT molecular complexity index is 913. The molecule has 28 heavy (non-hydrogen) atoms. The summed E-state index contributed by atoms with van der Waals surface area (Å²) in [6, 6.07) is 5.61. The molecule has 1 aliphatic rings. The summed E-state index contributed by atoms with van der Waals surface area (Å²) in [5, 5.41) is 13.3. The second-order valence-electron chi connectivity index (χ2n) is 7.51. The van der Waals surface area contributed by atoms with E-state index in [0.29, 0.717) is 28.8 Å². The fourth-order valence-electron chi connectivity index (χ4n) is 3.99. The van der Waals surface area contributed by atoms with Gasteiger partial charge in [-0.3, -0.25) is 14.4 Å². The predicted octanol–water partition coefficient (Wildman–Crippen LogP) is 2.32. The molecule has 1 fully saturated rings. The van der Waals surface area contributed by atoms with Crippen molar-refractivity contribution in [2.24, 2.45) is 11.7 Å². The number of carbonyl (C=O) groups excluding carboxylic acids is 2. The number of nitrogens with two attached hydrogens (primary N) is 1. The van der Waals surface area contributed by atoms with Crippen molar-refractivity contribution in [3.05, 3.63) is 40.8 Å². The number of hydrogen-bond acceptors (Lipinski definition) is 4. The van der Waals surface area contributed by atoms with E-state index in [9.17, 15) is 19.5 Å². The number of hydrogen-bond donors (Lipinski definition) is 3. The van der Waals surface area contributed by atoms with Crippen LogP contribution in [0.25, 0.3) is 10.8 Å². The van der Waals surface area contributed by atoms with Crippen LogP contribution in [0.1, 0.15) is 51.0 Å². The van der Waals surface area contributed by atoms with Gasteiger partial charge in [-0.05, 0) is 37.0 Å². The number of pyridine rings is 1. The van der Waals surface area contributed by atoms with Gasteiger partial charge in [0.15, 0.2) is 0 Å². The van der Waals surface area contributed by atoms with Gasteiger partial charge < -0.3 is 20.7 Å². The number of fused-ring (bicyclic) bond motifs is 1. The topological polar surface area (TPSA) is 114 Å². The van der Waals surface area contributed by atoms with Crippen molar-refractivity contribution in [3.8, 4) is 0 Å². The molecule has 0 aliphatic heterocycles. The summed E-state index contributed by atoms with van der Waals surface area (Å²) in [5.74, 6) is -0.415. The lowest BCUT2D eigenvalue weighted by Crippen LogP contribution is -2.35. The van der Waals surface area contributed by atoms with E-state index < -0.39 is 24.1 Å². The Hall–Kier alpha value is -2.67. The van der Waals surface area contributed by atoms with E-state index in [1.54, 1.807) is 24.3 Å². The summed E-state index contributed by atoms with van der Waals surface area (Å²) in [5.41, 5.74) is 5.41. The van der Waals surface area contributed by atoms with Crippen LogP contribution < -0.4 is 16.6 Å². The minimum absolute atomic E-state index is 0.0473. The Kier molecular flexibility index (Phi) is 6.46. The van der Waals surface area contributed by atoms with Gasteiger partial charge in [-0.15, -0.1) is 0 Å². The number of rotatable bonds is 6. The van der Waals surface area contributed by atoms with Crippen molar-refractivity contribution in [1.82, 2.24) is 4.57 Å². The maximum absolute atomic E-state index is 12.8. The molecule has 3 rings (SSSR count). The van der Waals surface area contributed by atoms with Crippen molar-refractivity contribution < 1.29 is 14.7 Å². The standard InChI is InChI=1S/C21H27N3O4/c22-20(27)18(13-25)24-11-10-15-16(21(24)28)8-5-9-17(15)23-19(26)12-14-6-3-1-2-4-7-14/h5,8-11,14,18,25H,1-4,6-7,12-13H2,(H2,22,27)(H,23,26). The van der Waals surface area contributed by atoms with Crippen LogP contribution in [0.15, 0.2) is 35.3 Å². The number of primary amides is 1. The third-order valence-electron chi connectivity index (χ3n) is 5.53. The van der Waals surface area contributed by atoms with E-state index in [4.69, 9.17) is 5.73 Å². The van der Waals surface area contributed by atoms with Crippen LogP contribution in [0, 0.1) is 5.92 Å². The van der Waals surface area contributed by atoms with Crippen LogP contribution in [0.5, 0.6) is 0 Å². The number of benzene rings is 1. The predicted molar refractivity (Wildman–Crippen MR) is 108 cm³/mol. The first-order valence-corrected chi connectivity index (χ1v) is 9.85. The zero-order valence-corrected chi connectivity index (χ0v) is 15.9. The van der Waals surface area contributed by atoms with Crippen molar-refractivity contribution in [2.75, 3.05) is 11.9 Å². The lowest BCUT2D eigenvalue weighted by molar-refractivity contribution is -0.122. The van der Waals surface area contributed by atoms with Gasteiger partial charge in [0.2, 0.25) is 11.8 Å². The molecule has 0 saturated heterocycles. The van der Waals surface area contributed by atoms with E-state index in [-0.39, 0.29) is 5.91 Å². The Morgan fingerprint density at radius 2 is 1.86 bits per heavy atom. The number of anilines is 1. The molecule has 1 saturated carbocycles. The largest absolute Gasteiger partial charge is 0.394 e. The minimum atomic E-state index is -1.12. The second kappa shape index (κ2) is 9.01. The van der Waals surface area contributed by atoms with E-state index in [1.807, 2.05) is 0 Å². The van der Waals surface area contributed by atoms with Crippen LogP contribution in [0.4, 0.5) is 5.69 Å². The van der Waals surface area contributed by atoms with Gasteiger partial charge in [0.1, 0.15) is 6.04 Å². The first-order valence-electron chi connectivity index (χ1n) is 9.85. The van der Waals surface area contributed by atoms with Gasteiger partial charge in [0.25, 0.3) is 5.56 Å². The normalized spacial score (nSPS) is 16.5. The zero-order valence-electron chi connectivity index (χ0n) is 15.9. The molecule has 0 spiro atoms. The number of aliphatic hydroxyl groups is 1. The van der Waals surface area contributed by atoms with Gasteiger partial charge in [-0.25, -0.2) is 0 Å². The number of nitrogens with one attached hydrogen (secondary N) is 1. The first kappa shape index (κ1) is 20.1. The van der Waals surface area contributed by atoms with Gasteiger partial charge in [0.05, 0.1) is 6.61 Å². The highest BCUT2D eigenvalue weighted by atomic mass is 16.3. The SMILES string of the molecule is NC(=O)C(CO)n1ccc2c(NC(=O)CC3CCCCCC3)cccc2c1=O. The summed E-state index contributed by atoms with van der Waals surface area (Å²) >= 11 is 0. The van der Waals surface area contributed by atoms with Crippen molar-refractivity contribution in [2.45, 2.75) is 51.0 Å². The van der Waals surface area contributed by atoms with Gasteiger partial charge in [-0.2, -0.15) is 0 Å². The molecule has 0 bridgehead atoms. The molecule has 150 valence electrons. The Morgan fingerprint density at radius 1 is 1.14 bits per heavy atom. The molecule has 0 radical (unpaired) electrons. The number of aliphatic hydroxyl groups excluding tert-OH is 1. The average Bonchev–Trinajstić information content (AvgIpc) is 2.93. The maximum Gasteiger partial charge on any atom is 0.259 e. The number of carbonyl (C=O) groups is 2. The molecule has 1 unspecified atom stereocenters. The van der Waals surface area contributed by atoms with Crippen LogP contribution in [0.2, 0.25) is 0 Å². The average molecular weight is 385 g/mol. The summed E-state index contributed by atoms with van der Waals surface area (Å²) in [6.07, 6.45) is 8.93. The van der Waals surface area contributed by atoms with E-state index in [2.05, 4.69) is 5.32 Å². The molecule has 1 atom stereocenters. The third kappa shape index (κ3) is 4.42. The number of aromatic nitrogens is 1. The summed E-state index contributed by atoms with van der Waals surface area (Å²) in [6.45, 7) is -0.557. The number of nitrogens with zero attached hydrogens (tertiary/aromatic N) is 1. The van der Waals surface area contributed by atoms with Gasteiger partial charge in [0, 0.05) is 29.1 Å². The summed E-state index contributed by atoms with van der Waals surface area (Å²) in [7, 11) is 0. The molecular formula is C21H27N3O4. The second-order valence-corrected chi connectivity index (χ2v) is 7.51. The lowest BCUT2D eigenvalue weighted by Gasteiger charge is -2.17. The molecule has 2 aromatic rings. The Morgan fingerprint density at radius 3 is 2.50 bits per heavy atom. The molecule has 1 aromatic heterocycles. The molecule has 1 heterocycles. The monoisotopic (exact) mass is 385 g/mol. The number of amides is 2. The Labute approximate surface area is 163 Å². The zero-order chi connectivity index (χ0) is 20.1. The van der Waals surface area contributed by atoms with Crippen molar-refractivity contribution in [1.29, 1.82) is 0 Å². The molecule has 1 aliphatic carbocycles. The summed E-state index contributed by atoms with van der Waals surface area (Å²) < 4.78 is 1.13. The van der Waals surface area contributed by atoms with E-state index >= 15 is 0 Å². The lowest BCUT2D eigenvalue weighted by atomic mass is 9.96. The van der Waals surface area contributed by atoms with Crippen LogP contribution in [-0.4, -0.2) is 28.1 Å². The van der Waals surface area contributed by atoms with Crippen LogP contribution in [0.3, 0.4) is 0 Å². The molecule has 1 aromatic carbocycles. The minimum Gasteiger partial charge on any atom is -0.394 e. The molecular weight excluding hydrogens is 358 g/mol. The fourth-order valence-corrected chi connectivity index (χ4v) is 3.99. The first-order chi connectivity index (χ1) is 13.5. The summed E-state index contributed by atoms with van der Waals surface area (Å²) in [4.78, 5) is 36.8. The molecule has 4 N–H and O–H groups in total. The molecule has 7 nitrogen and oxygen atoms in total. The highest BCUT2D eigenvalue weighted by molar-refractivity contribution is 6.01. The van der Waals surface area contributed by atoms with Crippen molar-refractivity contribution >= 4 is 28.3 Å². The van der Waals surface area contributed by atoms with E-state index in [0.717, 1.165) is 17.4 Å². The van der Waals surface area contributed by atoms with Crippen LogP contribution in [-0.2, 0) is 9.59 Å². The fraction of sp³-hybridized carbons (Fsp3) is 0.476. The highest BCUT2D eigenvalue weighted by Gasteiger charge is 2.20. The van der Waals surface area contributed by atoms with Crippen LogP contribution >= 0.6 is 0 Å². The molecule has 7 heteroatoms. The highest BCUT2D eigenvalue weighted by Crippen LogP contribution is 2.27. The smallest absolute Gasteiger partial charge is 0.259 e. The maximum atomic E-state index is 12.8.